The molecule has 3 rings (SSSR count). The second-order valence-corrected chi connectivity index (χ2v) is 6.25. The molecule has 1 aliphatic rings. The van der Waals surface area contributed by atoms with E-state index < -0.39 is 0 Å². The van der Waals surface area contributed by atoms with E-state index in [0.29, 0.717) is 5.57 Å². The van der Waals surface area contributed by atoms with Crippen LogP contribution >= 0.6 is 0 Å². The fraction of sp³-hybridized carbons (Fsp3) is 0.227. The molecule has 122 valence electrons. The number of benzene rings is 2. The number of amides is 1. The zero-order valence-corrected chi connectivity index (χ0v) is 14.3. The van der Waals surface area contributed by atoms with Crippen molar-refractivity contribution in [2.45, 2.75) is 26.3 Å². The van der Waals surface area contributed by atoms with Crippen LogP contribution in [0.3, 0.4) is 0 Å². The summed E-state index contributed by atoms with van der Waals surface area (Å²) in [6.07, 6.45) is 4.84. The van der Waals surface area contributed by atoms with Crippen molar-refractivity contribution in [2.75, 3.05) is 0 Å². The van der Waals surface area contributed by atoms with Gasteiger partial charge in [-0.3, -0.25) is 4.79 Å². The summed E-state index contributed by atoms with van der Waals surface area (Å²) in [6.45, 7) is 8.14. The Morgan fingerprint density at radius 1 is 1.04 bits per heavy atom. The zero-order chi connectivity index (χ0) is 17.1. The van der Waals surface area contributed by atoms with E-state index in [1.807, 2.05) is 35.4 Å². The van der Waals surface area contributed by atoms with Crippen LogP contribution < -0.4 is 0 Å². The third-order valence-electron chi connectivity index (χ3n) is 4.69. The molecule has 2 aromatic rings. The van der Waals surface area contributed by atoms with Crippen molar-refractivity contribution in [3.63, 3.8) is 0 Å². The first kappa shape index (κ1) is 16.3. The van der Waals surface area contributed by atoms with Gasteiger partial charge in [-0.25, -0.2) is 0 Å². The van der Waals surface area contributed by atoms with Gasteiger partial charge in [-0.05, 0) is 23.1 Å². The lowest BCUT2D eigenvalue weighted by molar-refractivity contribution is -0.123. The number of nitrogens with zero attached hydrogens (tertiary/aromatic N) is 1. The van der Waals surface area contributed by atoms with Crippen LogP contribution in [-0.4, -0.2) is 10.8 Å². The maximum Gasteiger partial charge on any atom is 0.254 e. The van der Waals surface area contributed by atoms with E-state index >= 15 is 0 Å². The van der Waals surface area contributed by atoms with Gasteiger partial charge in [0.1, 0.15) is 0 Å². The SMILES string of the molecule is C=C1C(=O)N(/C=C/CC)C(c2ccc(-c3ccccc3)cc2)[C@@H]1C. The van der Waals surface area contributed by atoms with Gasteiger partial charge in [0.05, 0.1) is 6.04 Å². The molecule has 2 nitrogen and oxygen atoms in total. The van der Waals surface area contributed by atoms with E-state index in [0.717, 1.165) is 12.0 Å². The standard InChI is InChI=1S/C22H23NO/c1-4-5-15-23-21(16(2)17(3)22(23)24)20-13-11-19(12-14-20)18-9-7-6-8-10-18/h5-16,21H,3-4H2,1-2H3/b15-5+/t16-,21?/m1/s1. The summed E-state index contributed by atoms with van der Waals surface area (Å²) in [4.78, 5) is 14.3. The van der Waals surface area contributed by atoms with Crippen LogP contribution in [0.15, 0.2) is 79.0 Å². The van der Waals surface area contributed by atoms with Gasteiger partial charge in [0.2, 0.25) is 0 Å². The van der Waals surface area contributed by atoms with Crippen LogP contribution in [0.1, 0.15) is 31.9 Å². The van der Waals surface area contributed by atoms with Gasteiger partial charge < -0.3 is 4.90 Å². The van der Waals surface area contributed by atoms with E-state index in [-0.39, 0.29) is 17.9 Å². The van der Waals surface area contributed by atoms with Crippen LogP contribution in [-0.2, 0) is 4.79 Å². The summed E-state index contributed by atoms with van der Waals surface area (Å²) in [7, 11) is 0. The lowest BCUT2D eigenvalue weighted by Gasteiger charge is -2.24. The molecule has 0 spiro atoms. The third kappa shape index (κ3) is 2.92. The van der Waals surface area contributed by atoms with E-state index in [1.165, 1.54) is 11.1 Å². The number of rotatable bonds is 4. The molecule has 2 heteroatoms. The third-order valence-corrected chi connectivity index (χ3v) is 4.69. The van der Waals surface area contributed by atoms with Crippen LogP contribution in [0.25, 0.3) is 11.1 Å². The van der Waals surface area contributed by atoms with Crippen LogP contribution in [0.4, 0.5) is 0 Å². The maximum atomic E-state index is 12.5. The van der Waals surface area contributed by atoms with Crippen molar-refractivity contribution in [1.29, 1.82) is 0 Å². The number of carbonyl (C=O) groups excluding carboxylic acids is 1. The Bertz CT molecular complexity index is 758. The number of likely N-dealkylation sites (tertiary alicyclic amines) is 1. The molecular formula is C22H23NO. The minimum absolute atomic E-state index is 0.0256. The smallest absolute Gasteiger partial charge is 0.254 e. The predicted octanol–water partition coefficient (Wildman–Crippen LogP) is 5.35. The fourth-order valence-electron chi connectivity index (χ4n) is 3.25. The van der Waals surface area contributed by atoms with Crippen LogP contribution in [0.2, 0.25) is 0 Å². The Hall–Kier alpha value is -2.61. The molecule has 2 aromatic carbocycles. The maximum absolute atomic E-state index is 12.5. The quantitative estimate of drug-likeness (QED) is 0.696. The Kier molecular flexibility index (Phi) is 4.66. The fourth-order valence-corrected chi connectivity index (χ4v) is 3.25. The molecule has 0 saturated carbocycles. The minimum Gasteiger partial charge on any atom is -0.308 e. The summed E-state index contributed by atoms with van der Waals surface area (Å²) in [6, 6.07) is 18.9. The number of hydrogen-bond acceptors (Lipinski definition) is 1. The molecule has 1 saturated heterocycles. The van der Waals surface area contributed by atoms with E-state index in [9.17, 15) is 4.79 Å². The summed E-state index contributed by atoms with van der Waals surface area (Å²) in [5.74, 6) is 0.144. The van der Waals surface area contributed by atoms with Crippen LogP contribution in [0.5, 0.6) is 0 Å². The summed E-state index contributed by atoms with van der Waals surface area (Å²) >= 11 is 0. The molecule has 2 atom stereocenters. The van der Waals surface area contributed by atoms with Crippen molar-refractivity contribution >= 4 is 5.91 Å². The van der Waals surface area contributed by atoms with Crippen molar-refractivity contribution < 1.29 is 4.79 Å². The molecule has 0 bridgehead atoms. The molecule has 1 unspecified atom stereocenters. The largest absolute Gasteiger partial charge is 0.308 e. The van der Waals surface area contributed by atoms with Crippen molar-refractivity contribution in [1.82, 2.24) is 4.90 Å². The monoisotopic (exact) mass is 317 g/mol. The number of carbonyl (C=O) groups is 1. The van der Waals surface area contributed by atoms with Crippen molar-refractivity contribution in [2.24, 2.45) is 5.92 Å². The summed E-state index contributed by atoms with van der Waals surface area (Å²) in [5.41, 5.74) is 4.22. The Morgan fingerprint density at radius 2 is 1.67 bits per heavy atom. The van der Waals surface area contributed by atoms with Crippen molar-refractivity contribution in [3.8, 4) is 11.1 Å². The van der Waals surface area contributed by atoms with Gasteiger partial charge in [-0.1, -0.05) is 81.1 Å². The second-order valence-electron chi connectivity index (χ2n) is 6.25. The molecule has 0 aliphatic carbocycles. The first-order valence-electron chi connectivity index (χ1n) is 8.47. The molecule has 24 heavy (non-hydrogen) atoms. The summed E-state index contributed by atoms with van der Waals surface area (Å²) < 4.78 is 0. The molecule has 1 heterocycles. The molecule has 0 aromatic heterocycles. The number of hydrogen-bond donors (Lipinski definition) is 0. The first-order valence-corrected chi connectivity index (χ1v) is 8.47. The molecule has 0 N–H and O–H groups in total. The summed E-state index contributed by atoms with van der Waals surface area (Å²) in [5, 5.41) is 0. The second kappa shape index (κ2) is 6.88. The van der Waals surface area contributed by atoms with E-state index in [2.05, 4.69) is 56.8 Å². The minimum atomic E-state index is 0.0256. The van der Waals surface area contributed by atoms with Gasteiger partial charge in [-0.15, -0.1) is 0 Å². The highest BCUT2D eigenvalue weighted by Gasteiger charge is 2.40. The van der Waals surface area contributed by atoms with Gasteiger partial charge in [-0.2, -0.15) is 0 Å². The van der Waals surface area contributed by atoms with Gasteiger partial charge >= 0.3 is 0 Å². The van der Waals surface area contributed by atoms with E-state index in [1.54, 1.807) is 0 Å². The highest BCUT2D eigenvalue weighted by atomic mass is 16.2. The Morgan fingerprint density at radius 3 is 2.29 bits per heavy atom. The lowest BCUT2D eigenvalue weighted by atomic mass is 9.92. The van der Waals surface area contributed by atoms with Crippen LogP contribution in [0, 0.1) is 5.92 Å². The Labute approximate surface area is 144 Å². The average molecular weight is 317 g/mol. The molecule has 0 radical (unpaired) electrons. The molecule has 1 amide bonds. The molecule has 1 fully saturated rings. The van der Waals surface area contributed by atoms with Gasteiger partial charge in [0.25, 0.3) is 5.91 Å². The highest BCUT2D eigenvalue weighted by Crippen LogP contribution is 2.41. The van der Waals surface area contributed by atoms with Crippen molar-refractivity contribution in [3.05, 3.63) is 84.6 Å². The highest BCUT2D eigenvalue weighted by molar-refractivity contribution is 5.97. The predicted molar refractivity (Wildman–Crippen MR) is 99.2 cm³/mol. The average Bonchev–Trinajstić information content (AvgIpc) is 2.84. The van der Waals surface area contributed by atoms with E-state index in [4.69, 9.17) is 0 Å². The normalized spacial score (nSPS) is 21.0. The first-order chi connectivity index (χ1) is 11.6. The lowest BCUT2D eigenvalue weighted by Crippen LogP contribution is -2.23. The molecule has 1 aliphatic heterocycles. The van der Waals surface area contributed by atoms with Gasteiger partial charge in [0.15, 0.2) is 0 Å². The molecular weight excluding hydrogens is 294 g/mol. The topological polar surface area (TPSA) is 20.3 Å². The Balaban J connectivity index is 1.93. The zero-order valence-electron chi connectivity index (χ0n) is 14.3. The van der Waals surface area contributed by atoms with Gasteiger partial charge in [0, 0.05) is 17.7 Å². The number of allylic oxidation sites excluding steroid dienone is 1.